The third-order valence-corrected chi connectivity index (χ3v) is 5.78. The van der Waals surface area contributed by atoms with Crippen molar-refractivity contribution in [1.82, 2.24) is 9.62 Å². The Morgan fingerprint density at radius 3 is 2.80 bits per heavy atom. The highest BCUT2D eigenvalue weighted by Gasteiger charge is 2.38. The number of rotatable bonds is 4. The van der Waals surface area contributed by atoms with E-state index in [4.69, 9.17) is 4.74 Å². The van der Waals surface area contributed by atoms with Gasteiger partial charge in [-0.25, -0.2) is 13.1 Å². The maximum atomic E-state index is 12.5. The van der Waals surface area contributed by atoms with Crippen LogP contribution < -0.4 is 9.46 Å². The minimum atomic E-state index is -4.87. The maximum Gasteiger partial charge on any atom is 0.573 e. The Labute approximate surface area is 143 Å². The second kappa shape index (κ2) is 6.75. The summed E-state index contributed by atoms with van der Waals surface area (Å²) in [7, 11) is -3.94. The van der Waals surface area contributed by atoms with E-state index < -0.39 is 22.1 Å². The van der Waals surface area contributed by atoms with E-state index >= 15 is 0 Å². The Balaban J connectivity index is 1.69. The number of fused-ring (bicyclic) bond motifs is 1. The predicted molar refractivity (Wildman–Crippen MR) is 82.6 cm³/mol. The lowest BCUT2D eigenvalue weighted by Crippen LogP contribution is -2.45. The summed E-state index contributed by atoms with van der Waals surface area (Å²) in [6.07, 6.45) is -4.17. The molecule has 2 heterocycles. The first-order valence-electron chi connectivity index (χ1n) is 7.86. The Kier molecular flexibility index (Phi) is 4.97. The fourth-order valence-corrected chi connectivity index (χ4v) is 4.53. The van der Waals surface area contributed by atoms with E-state index in [0.29, 0.717) is 19.6 Å². The van der Waals surface area contributed by atoms with Gasteiger partial charge in [0, 0.05) is 31.2 Å². The first-order chi connectivity index (χ1) is 11.6. The van der Waals surface area contributed by atoms with Gasteiger partial charge in [-0.1, -0.05) is 6.07 Å². The van der Waals surface area contributed by atoms with Gasteiger partial charge in [-0.3, -0.25) is 4.90 Å². The molecule has 6 nitrogen and oxygen atoms in total. The summed E-state index contributed by atoms with van der Waals surface area (Å²) in [4.78, 5) is 1.91. The lowest BCUT2D eigenvalue weighted by Gasteiger charge is -2.33. The lowest BCUT2D eigenvalue weighted by molar-refractivity contribution is -0.274. The standard InChI is InChI=1S/C15H19F3N2O4S/c1-10-7-20-8-11(5-12(20)9-23-10)19-25(21,22)14-4-2-3-13(6-14)24-15(16,17)18/h2-4,6,10-12,19H,5,7-9H2,1H3/t10-,11-,12+/m1/s1. The van der Waals surface area contributed by atoms with Crippen LogP contribution in [0.4, 0.5) is 13.2 Å². The number of alkyl halides is 3. The zero-order valence-corrected chi connectivity index (χ0v) is 14.3. The third-order valence-electron chi connectivity index (χ3n) is 4.26. The molecular weight excluding hydrogens is 361 g/mol. The summed E-state index contributed by atoms with van der Waals surface area (Å²) < 4.78 is 73.8. The number of sulfonamides is 1. The highest BCUT2D eigenvalue weighted by Crippen LogP contribution is 2.27. The van der Waals surface area contributed by atoms with Crippen LogP contribution in [0.25, 0.3) is 0 Å². The van der Waals surface area contributed by atoms with Crippen LogP contribution in [0.15, 0.2) is 29.2 Å². The van der Waals surface area contributed by atoms with Crippen molar-refractivity contribution in [3.05, 3.63) is 24.3 Å². The fraction of sp³-hybridized carbons (Fsp3) is 0.600. The van der Waals surface area contributed by atoms with Gasteiger partial charge >= 0.3 is 6.36 Å². The summed E-state index contributed by atoms with van der Waals surface area (Å²) >= 11 is 0. The van der Waals surface area contributed by atoms with Crippen molar-refractivity contribution < 1.29 is 31.1 Å². The van der Waals surface area contributed by atoms with Crippen LogP contribution in [0.3, 0.4) is 0 Å². The van der Waals surface area contributed by atoms with E-state index in [1.807, 2.05) is 6.92 Å². The molecule has 2 saturated heterocycles. The highest BCUT2D eigenvalue weighted by atomic mass is 32.2. The molecule has 0 radical (unpaired) electrons. The molecule has 1 aromatic carbocycles. The molecule has 10 heteroatoms. The van der Waals surface area contributed by atoms with E-state index in [-0.39, 0.29) is 23.1 Å². The van der Waals surface area contributed by atoms with Crippen molar-refractivity contribution in [2.75, 3.05) is 19.7 Å². The highest BCUT2D eigenvalue weighted by molar-refractivity contribution is 7.89. The van der Waals surface area contributed by atoms with Crippen molar-refractivity contribution in [2.24, 2.45) is 0 Å². The molecule has 25 heavy (non-hydrogen) atoms. The number of nitrogens with one attached hydrogen (secondary N) is 1. The van der Waals surface area contributed by atoms with Gasteiger partial charge in [-0.15, -0.1) is 13.2 Å². The molecule has 1 N–H and O–H groups in total. The number of halogens is 3. The molecule has 2 fully saturated rings. The SMILES string of the molecule is C[C@@H]1CN2C[C@H](NS(=O)(=O)c3cccc(OC(F)(F)F)c3)C[C@H]2CO1. The molecule has 1 aromatic rings. The van der Waals surface area contributed by atoms with Gasteiger partial charge < -0.3 is 9.47 Å². The van der Waals surface area contributed by atoms with E-state index in [0.717, 1.165) is 18.7 Å². The van der Waals surface area contributed by atoms with Gasteiger partial charge in [-0.2, -0.15) is 0 Å². The fourth-order valence-electron chi connectivity index (χ4n) is 3.25. The van der Waals surface area contributed by atoms with Crippen molar-refractivity contribution in [1.29, 1.82) is 0 Å². The zero-order chi connectivity index (χ0) is 18.2. The minimum absolute atomic E-state index is 0.0998. The largest absolute Gasteiger partial charge is 0.573 e. The monoisotopic (exact) mass is 380 g/mol. The van der Waals surface area contributed by atoms with Gasteiger partial charge in [0.05, 0.1) is 17.6 Å². The van der Waals surface area contributed by atoms with Crippen molar-refractivity contribution in [3.8, 4) is 5.75 Å². The first kappa shape index (κ1) is 18.4. The van der Waals surface area contributed by atoms with Crippen molar-refractivity contribution in [2.45, 2.75) is 42.8 Å². The van der Waals surface area contributed by atoms with E-state index in [1.165, 1.54) is 12.1 Å². The molecule has 2 aliphatic heterocycles. The Hall–Kier alpha value is -1.36. The van der Waals surface area contributed by atoms with Crippen LogP contribution in [0.2, 0.25) is 0 Å². The van der Waals surface area contributed by atoms with Crippen LogP contribution in [-0.2, 0) is 14.8 Å². The molecule has 140 valence electrons. The van der Waals surface area contributed by atoms with Crippen molar-refractivity contribution >= 4 is 10.0 Å². The second-order valence-corrected chi connectivity index (χ2v) is 8.04. The molecule has 3 atom stereocenters. The molecular formula is C15H19F3N2O4S. The zero-order valence-electron chi connectivity index (χ0n) is 13.5. The van der Waals surface area contributed by atoms with Gasteiger partial charge in [0.1, 0.15) is 5.75 Å². The van der Waals surface area contributed by atoms with Gasteiger partial charge in [-0.05, 0) is 25.5 Å². The Morgan fingerprint density at radius 2 is 2.08 bits per heavy atom. The minimum Gasteiger partial charge on any atom is -0.406 e. The summed E-state index contributed by atoms with van der Waals surface area (Å²) in [6, 6.07) is 4.21. The van der Waals surface area contributed by atoms with Crippen molar-refractivity contribution in [3.63, 3.8) is 0 Å². The smallest absolute Gasteiger partial charge is 0.406 e. The quantitative estimate of drug-likeness (QED) is 0.862. The molecule has 2 aliphatic rings. The molecule has 0 aromatic heterocycles. The topological polar surface area (TPSA) is 67.9 Å². The summed E-state index contributed by atoms with van der Waals surface area (Å²) in [5, 5.41) is 0. The first-order valence-corrected chi connectivity index (χ1v) is 9.34. The van der Waals surface area contributed by atoms with E-state index in [9.17, 15) is 21.6 Å². The normalized spacial score (nSPS) is 27.9. The van der Waals surface area contributed by atoms with Gasteiger partial charge in [0.25, 0.3) is 0 Å². The number of hydrogen-bond acceptors (Lipinski definition) is 5. The molecule has 0 spiro atoms. The maximum absolute atomic E-state index is 12.5. The third kappa shape index (κ3) is 4.63. The number of nitrogens with zero attached hydrogens (tertiary/aromatic N) is 1. The number of benzene rings is 1. The molecule has 3 rings (SSSR count). The number of ether oxygens (including phenoxy) is 2. The second-order valence-electron chi connectivity index (χ2n) is 6.33. The average Bonchev–Trinajstić information content (AvgIpc) is 2.86. The van der Waals surface area contributed by atoms with Crippen LogP contribution >= 0.6 is 0 Å². The van der Waals surface area contributed by atoms with Gasteiger partial charge in [0.15, 0.2) is 0 Å². The molecule has 0 aliphatic carbocycles. The van der Waals surface area contributed by atoms with Crippen LogP contribution in [-0.4, -0.2) is 57.6 Å². The Bertz CT molecular complexity index is 726. The summed E-state index contributed by atoms with van der Waals surface area (Å²) in [6.45, 7) is 3.79. The number of morpholine rings is 1. The van der Waals surface area contributed by atoms with Gasteiger partial charge in [0.2, 0.25) is 10.0 Å². The van der Waals surface area contributed by atoms with Crippen LogP contribution in [0.5, 0.6) is 5.75 Å². The van der Waals surface area contributed by atoms with Crippen LogP contribution in [0, 0.1) is 0 Å². The van der Waals surface area contributed by atoms with E-state index in [1.54, 1.807) is 0 Å². The number of hydrogen-bond donors (Lipinski definition) is 1. The molecule has 0 unspecified atom stereocenters. The average molecular weight is 380 g/mol. The predicted octanol–water partition coefficient (Wildman–Crippen LogP) is 1.73. The molecule has 0 bridgehead atoms. The molecule has 0 saturated carbocycles. The Morgan fingerprint density at radius 1 is 1.32 bits per heavy atom. The van der Waals surface area contributed by atoms with Crippen LogP contribution in [0.1, 0.15) is 13.3 Å². The van der Waals surface area contributed by atoms with E-state index in [2.05, 4.69) is 14.4 Å². The summed E-state index contributed by atoms with van der Waals surface area (Å²) in [5.41, 5.74) is 0. The summed E-state index contributed by atoms with van der Waals surface area (Å²) in [5.74, 6) is -0.568. The molecule has 0 amide bonds. The lowest BCUT2D eigenvalue weighted by atomic mass is 10.2.